The summed E-state index contributed by atoms with van der Waals surface area (Å²) in [4.78, 5) is 25.3. The molecule has 2 N–H and O–H groups in total. The van der Waals surface area contributed by atoms with Crippen LogP contribution in [0, 0.1) is 6.92 Å². The molecule has 126 valence electrons. The Labute approximate surface area is 137 Å². The van der Waals surface area contributed by atoms with Crippen molar-refractivity contribution in [2.45, 2.75) is 39.3 Å². The Morgan fingerprint density at radius 3 is 2.70 bits per heavy atom. The number of urea groups is 1. The molecule has 6 heteroatoms. The Morgan fingerprint density at radius 2 is 2.04 bits per heavy atom. The third kappa shape index (κ3) is 5.47. The molecule has 1 saturated heterocycles. The Hall–Kier alpha value is -2.24. The number of benzene rings is 1. The number of aryl methyl sites for hydroxylation is 1. The second-order valence-corrected chi connectivity index (χ2v) is 5.78. The zero-order valence-corrected chi connectivity index (χ0v) is 13.8. The van der Waals surface area contributed by atoms with E-state index in [1.54, 1.807) is 11.8 Å². The molecular weight excluding hydrogens is 294 g/mol. The smallest absolute Gasteiger partial charge is 0.409 e. The molecule has 3 amide bonds. The number of rotatable bonds is 4. The van der Waals surface area contributed by atoms with Crippen molar-refractivity contribution >= 4 is 12.1 Å². The zero-order chi connectivity index (χ0) is 16.7. The van der Waals surface area contributed by atoms with Crippen LogP contribution in [0.2, 0.25) is 0 Å². The van der Waals surface area contributed by atoms with E-state index < -0.39 is 0 Å². The van der Waals surface area contributed by atoms with Gasteiger partial charge in [0.1, 0.15) is 0 Å². The topological polar surface area (TPSA) is 70.7 Å². The molecule has 6 nitrogen and oxygen atoms in total. The molecule has 2 rings (SSSR count). The van der Waals surface area contributed by atoms with Gasteiger partial charge in [-0.25, -0.2) is 9.59 Å². The van der Waals surface area contributed by atoms with Gasteiger partial charge in [0.05, 0.1) is 6.61 Å². The van der Waals surface area contributed by atoms with Crippen LogP contribution in [-0.2, 0) is 11.3 Å². The summed E-state index contributed by atoms with van der Waals surface area (Å²) in [5, 5.41) is 5.84. The standard InChI is InChI=1S/C17H25N3O3/c1-3-23-17(22)20-9-7-15(8-10-20)19-16(21)18-12-14-6-4-5-13(2)11-14/h4-6,11,15H,3,7-10,12H2,1-2H3,(H2,18,19,21). The highest BCUT2D eigenvalue weighted by Gasteiger charge is 2.24. The lowest BCUT2D eigenvalue weighted by atomic mass is 10.1. The highest BCUT2D eigenvalue weighted by Crippen LogP contribution is 2.11. The van der Waals surface area contributed by atoms with E-state index in [0.717, 1.165) is 18.4 Å². The van der Waals surface area contributed by atoms with E-state index >= 15 is 0 Å². The number of nitrogens with one attached hydrogen (secondary N) is 2. The number of carbonyl (C=O) groups is 2. The van der Waals surface area contributed by atoms with Gasteiger partial charge in [0.2, 0.25) is 0 Å². The lowest BCUT2D eigenvalue weighted by Crippen LogP contribution is -2.49. The van der Waals surface area contributed by atoms with E-state index in [1.165, 1.54) is 5.56 Å². The molecule has 23 heavy (non-hydrogen) atoms. The molecule has 1 heterocycles. The second-order valence-electron chi connectivity index (χ2n) is 5.78. The fourth-order valence-corrected chi connectivity index (χ4v) is 2.66. The number of carbonyl (C=O) groups excluding carboxylic acids is 2. The van der Waals surface area contributed by atoms with Gasteiger partial charge < -0.3 is 20.3 Å². The first-order valence-electron chi connectivity index (χ1n) is 8.10. The summed E-state index contributed by atoms with van der Waals surface area (Å²) < 4.78 is 4.98. The lowest BCUT2D eigenvalue weighted by molar-refractivity contribution is 0.0957. The maximum Gasteiger partial charge on any atom is 0.409 e. The molecule has 0 radical (unpaired) electrons. The summed E-state index contributed by atoms with van der Waals surface area (Å²) in [5.41, 5.74) is 2.26. The monoisotopic (exact) mass is 319 g/mol. The summed E-state index contributed by atoms with van der Waals surface area (Å²) in [6.07, 6.45) is 1.22. The first-order chi connectivity index (χ1) is 11.1. The summed E-state index contributed by atoms with van der Waals surface area (Å²) in [6.45, 7) is 5.95. The maximum atomic E-state index is 12.0. The van der Waals surface area contributed by atoms with Crippen LogP contribution in [0.4, 0.5) is 9.59 Å². The highest BCUT2D eigenvalue weighted by atomic mass is 16.6. The zero-order valence-electron chi connectivity index (χ0n) is 13.8. The van der Waals surface area contributed by atoms with E-state index in [2.05, 4.69) is 16.7 Å². The number of ether oxygens (including phenoxy) is 1. The van der Waals surface area contributed by atoms with Crippen molar-refractivity contribution in [3.8, 4) is 0 Å². The molecule has 1 aromatic carbocycles. The minimum atomic E-state index is -0.269. The van der Waals surface area contributed by atoms with Crippen LogP contribution < -0.4 is 10.6 Å². The van der Waals surface area contributed by atoms with E-state index in [-0.39, 0.29) is 18.2 Å². The van der Waals surface area contributed by atoms with Crippen LogP contribution >= 0.6 is 0 Å². The average Bonchev–Trinajstić information content (AvgIpc) is 2.54. The van der Waals surface area contributed by atoms with E-state index in [0.29, 0.717) is 26.2 Å². The first-order valence-corrected chi connectivity index (χ1v) is 8.10. The number of piperidine rings is 1. The molecule has 0 saturated carbocycles. The molecule has 0 aliphatic carbocycles. The molecule has 0 bridgehead atoms. The molecule has 1 aliphatic rings. The number of hydrogen-bond acceptors (Lipinski definition) is 3. The fraction of sp³-hybridized carbons (Fsp3) is 0.529. The molecule has 0 spiro atoms. The van der Waals surface area contributed by atoms with Gasteiger partial charge in [-0.2, -0.15) is 0 Å². The van der Waals surface area contributed by atoms with Crippen LogP contribution in [0.15, 0.2) is 24.3 Å². The van der Waals surface area contributed by atoms with Gasteiger partial charge in [-0.3, -0.25) is 0 Å². The highest BCUT2D eigenvalue weighted by molar-refractivity contribution is 5.74. The predicted octanol–water partition coefficient (Wildman–Crippen LogP) is 2.42. The number of hydrogen-bond donors (Lipinski definition) is 2. The van der Waals surface area contributed by atoms with Crippen LogP contribution in [0.25, 0.3) is 0 Å². The molecule has 0 unspecified atom stereocenters. The van der Waals surface area contributed by atoms with Gasteiger partial charge in [0.15, 0.2) is 0 Å². The predicted molar refractivity (Wildman–Crippen MR) is 88.2 cm³/mol. The number of likely N-dealkylation sites (tertiary alicyclic amines) is 1. The lowest BCUT2D eigenvalue weighted by Gasteiger charge is -2.31. The van der Waals surface area contributed by atoms with Crippen molar-refractivity contribution in [2.24, 2.45) is 0 Å². The Balaban J connectivity index is 1.69. The van der Waals surface area contributed by atoms with Gasteiger partial charge in [0, 0.05) is 25.7 Å². The second kappa shape index (κ2) is 8.41. The van der Waals surface area contributed by atoms with Crippen molar-refractivity contribution < 1.29 is 14.3 Å². The molecule has 1 fully saturated rings. The van der Waals surface area contributed by atoms with Crippen molar-refractivity contribution in [3.63, 3.8) is 0 Å². The summed E-state index contributed by atoms with van der Waals surface area (Å²) in [6, 6.07) is 7.98. The Kier molecular flexibility index (Phi) is 6.26. The van der Waals surface area contributed by atoms with Crippen molar-refractivity contribution in [1.29, 1.82) is 0 Å². The van der Waals surface area contributed by atoms with Crippen molar-refractivity contribution in [1.82, 2.24) is 15.5 Å². The Morgan fingerprint density at radius 1 is 1.30 bits per heavy atom. The minimum absolute atomic E-state index is 0.0955. The SMILES string of the molecule is CCOC(=O)N1CCC(NC(=O)NCc2cccc(C)c2)CC1. The van der Waals surface area contributed by atoms with Crippen LogP contribution in [0.3, 0.4) is 0 Å². The van der Waals surface area contributed by atoms with Crippen LogP contribution in [-0.4, -0.2) is 42.8 Å². The van der Waals surface area contributed by atoms with Crippen molar-refractivity contribution in [2.75, 3.05) is 19.7 Å². The molecule has 1 aliphatic heterocycles. The van der Waals surface area contributed by atoms with Gasteiger partial charge in [-0.15, -0.1) is 0 Å². The maximum absolute atomic E-state index is 12.0. The minimum Gasteiger partial charge on any atom is -0.450 e. The summed E-state index contributed by atoms with van der Waals surface area (Å²) in [5.74, 6) is 0. The molecule has 0 aromatic heterocycles. The summed E-state index contributed by atoms with van der Waals surface area (Å²) >= 11 is 0. The summed E-state index contributed by atoms with van der Waals surface area (Å²) in [7, 11) is 0. The number of amides is 3. The van der Waals surface area contributed by atoms with Gasteiger partial charge in [0.25, 0.3) is 0 Å². The number of nitrogens with zero attached hydrogens (tertiary/aromatic N) is 1. The van der Waals surface area contributed by atoms with Gasteiger partial charge >= 0.3 is 12.1 Å². The molecule has 1 aromatic rings. The van der Waals surface area contributed by atoms with Crippen LogP contribution in [0.1, 0.15) is 30.9 Å². The normalized spacial score (nSPS) is 15.1. The Bertz CT molecular complexity index is 540. The van der Waals surface area contributed by atoms with E-state index in [9.17, 15) is 9.59 Å². The van der Waals surface area contributed by atoms with Gasteiger partial charge in [-0.05, 0) is 32.3 Å². The third-order valence-corrected chi connectivity index (χ3v) is 3.89. The van der Waals surface area contributed by atoms with Crippen LogP contribution in [0.5, 0.6) is 0 Å². The fourth-order valence-electron chi connectivity index (χ4n) is 2.66. The van der Waals surface area contributed by atoms with Gasteiger partial charge in [-0.1, -0.05) is 29.8 Å². The first kappa shape index (κ1) is 17.1. The average molecular weight is 319 g/mol. The molecule has 0 atom stereocenters. The molecular formula is C17H25N3O3. The van der Waals surface area contributed by atoms with E-state index in [1.807, 2.05) is 25.1 Å². The van der Waals surface area contributed by atoms with Crippen molar-refractivity contribution in [3.05, 3.63) is 35.4 Å². The quantitative estimate of drug-likeness (QED) is 0.895. The van der Waals surface area contributed by atoms with E-state index in [4.69, 9.17) is 4.74 Å². The third-order valence-electron chi connectivity index (χ3n) is 3.89. The largest absolute Gasteiger partial charge is 0.450 e.